The van der Waals surface area contributed by atoms with E-state index in [0.29, 0.717) is 17.3 Å². The number of nitriles is 1. The Bertz CT molecular complexity index is 673. The summed E-state index contributed by atoms with van der Waals surface area (Å²) in [6.45, 7) is 3.38. The van der Waals surface area contributed by atoms with Crippen LogP contribution in [0.4, 0.5) is 10.1 Å². The first-order valence-corrected chi connectivity index (χ1v) is 7.57. The molecule has 3 rings (SSSR count). The van der Waals surface area contributed by atoms with Gasteiger partial charge in [-0.05, 0) is 36.6 Å². The predicted molar refractivity (Wildman–Crippen MR) is 84.8 cm³/mol. The minimum absolute atomic E-state index is 0.317. The molecule has 1 atom stereocenters. The summed E-state index contributed by atoms with van der Waals surface area (Å²) in [4.78, 5) is 4.47. The molecule has 1 heterocycles. The lowest BCUT2D eigenvalue weighted by atomic mass is 10.1. The molecule has 0 amide bonds. The normalized spacial score (nSPS) is 22.0. The summed E-state index contributed by atoms with van der Waals surface area (Å²) in [7, 11) is 0. The van der Waals surface area contributed by atoms with E-state index in [2.05, 4.69) is 16.9 Å². The van der Waals surface area contributed by atoms with E-state index in [0.717, 1.165) is 44.6 Å². The van der Waals surface area contributed by atoms with Crippen molar-refractivity contribution in [3.8, 4) is 18.4 Å². The van der Waals surface area contributed by atoms with E-state index in [1.165, 1.54) is 6.07 Å². The van der Waals surface area contributed by atoms with Gasteiger partial charge in [-0.3, -0.25) is 4.90 Å². The van der Waals surface area contributed by atoms with Crippen LogP contribution in [0.25, 0.3) is 0 Å². The molecule has 1 aromatic rings. The molecule has 112 valence electrons. The molecule has 0 spiro atoms. The maximum atomic E-state index is 14.1. The Hall–Kier alpha value is -2.30. The molecule has 1 aliphatic heterocycles. The van der Waals surface area contributed by atoms with Crippen LogP contribution < -0.4 is 4.90 Å². The number of nitrogens with zero attached hydrogens (tertiary/aromatic N) is 3. The summed E-state index contributed by atoms with van der Waals surface area (Å²) in [5, 5.41) is 8.80. The fourth-order valence-corrected chi connectivity index (χ4v) is 3.24. The van der Waals surface area contributed by atoms with Gasteiger partial charge in [0.05, 0.1) is 17.3 Å². The third-order valence-electron chi connectivity index (χ3n) is 4.49. The van der Waals surface area contributed by atoms with E-state index >= 15 is 0 Å². The number of halogens is 1. The van der Waals surface area contributed by atoms with E-state index in [1.54, 1.807) is 12.1 Å². The fraction of sp³-hybridized carbons (Fsp3) is 0.389. The van der Waals surface area contributed by atoms with Crippen molar-refractivity contribution in [2.75, 3.05) is 31.1 Å². The highest BCUT2D eigenvalue weighted by Gasteiger charge is 2.26. The number of piperazine rings is 1. The fourth-order valence-electron chi connectivity index (χ4n) is 3.24. The largest absolute Gasteiger partial charge is 0.367 e. The highest BCUT2D eigenvalue weighted by atomic mass is 19.1. The Balaban J connectivity index is 1.64. The number of rotatable bonds is 2. The number of allylic oxidation sites excluding steroid dienone is 1. The van der Waals surface area contributed by atoms with Gasteiger partial charge in [0, 0.05) is 32.2 Å². The van der Waals surface area contributed by atoms with Crippen LogP contribution in [-0.4, -0.2) is 37.1 Å². The van der Waals surface area contributed by atoms with Crippen LogP contribution in [0.2, 0.25) is 0 Å². The lowest BCUT2D eigenvalue weighted by Gasteiger charge is -2.38. The maximum absolute atomic E-state index is 14.1. The topological polar surface area (TPSA) is 30.3 Å². The number of hydrogen-bond donors (Lipinski definition) is 0. The average molecular weight is 295 g/mol. The number of anilines is 1. The first-order valence-electron chi connectivity index (χ1n) is 7.57. The maximum Gasteiger partial charge on any atom is 0.147 e. The zero-order valence-corrected chi connectivity index (χ0v) is 12.4. The molecule has 1 fully saturated rings. The molecule has 4 heteroatoms. The molecule has 1 aromatic carbocycles. The molecule has 0 radical (unpaired) electrons. The second-order valence-electron chi connectivity index (χ2n) is 5.74. The molecule has 1 aliphatic carbocycles. The Labute approximate surface area is 130 Å². The zero-order chi connectivity index (χ0) is 15.5. The third-order valence-corrected chi connectivity index (χ3v) is 4.49. The molecule has 0 aromatic heterocycles. The molecule has 1 saturated heterocycles. The van der Waals surface area contributed by atoms with Crippen molar-refractivity contribution in [3.05, 3.63) is 41.2 Å². The molecule has 0 saturated carbocycles. The van der Waals surface area contributed by atoms with Crippen LogP contribution >= 0.6 is 0 Å². The van der Waals surface area contributed by atoms with Crippen molar-refractivity contribution in [3.63, 3.8) is 0 Å². The van der Waals surface area contributed by atoms with Crippen LogP contribution in [0.5, 0.6) is 0 Å². The van der Waals surface area contributed by atoms with Crippen molar-refractivity contribution >= 4 is 5.69 Å². The smallest absolute Gasteiger partial charge is 0.147 e. The van der Waals surface area contributed by atoms with Crippen molar-refractivity contribution < 1.29 is 4.39 Å². The summed E-state index contributed by atoms with van der Waals surface area (Å²) in [6, 6.07) is 7.07. The highest BCUT2D eigenvalue weighted by molar-refractivity contribution is 5.51. The zero-order valence-electron chi connectivity index (χ0n) is 12.4. The Morgan fingerprint density at radius 1 is 1.23 bits per heavy atom. The summed E-state index contributed by atoms with van der Waals surface area (Å²) in [5.74, 6) is 2.42. The minimum Gasteiger partial charge on any atom is -0.367 e. The molecular formula is C18H18FN3. The van der Waals surface area contributed by atoms with Gasteiger partial charge in [-0.15, -0.1) is 6.42 Å². The van der Waals surface area contributed by atoms with Gasteiger partial charge >= 0.3 is 0 Å². The summed E-state index contributed by atoms with van der Waals surface area (Å²) >= 11 is 0. The van der Waals surface area contributed by atoms with E-state index in [9.17, 15) is 4.39 Å². The van der Waals surface area contributed by atoms with Gasteiger partial charge < -0.3 is 4.90 Å². The molecule has 3 nitrogen and oxygen atoms in total. The van der Waals surface area contributed by atoms with Crippen molar-refractivity contribution in [1.82, 2.24) is 4.90 Å². The Morgan fingerprint density at radius 2 is 2.00 bits per heavy atom. The lowest BCUT2D eigenvalue weighted by Crippen LogP contribution is -2.49. The molecule has 22 heavy (non-hydrogen) atoms. The van der Waals surface area contributed by atoms with Crippen molar-refractivity contribution in [2.45, 2.75) is 18.9 Å². The van der Waals surface area contributed by atoms with E-state index < -0.39 is 0 Å². The van der Waals surface area contributed by atoms with Gasteiger partial charge in [0.15, 0.2) is 0 Å². The Kier molecular flexibility index (Phi) is 4.13. The van der Waals surface area contributed by atoms with Gasteiger partial charge in [0.2, 0.25) is 0 Å². The van der Waals surface area contributed by atoms with Crippen molar-refractivity contribution in [2.24, 2.45) is 0 Å². The summed E-state index contributed by atoms with van der Waals surface area (Å²) in [6.07, 6.45) is 9.73. The minimum atomic E-state index is -0.317. The predicted octanol–water partition coefficient (Wildman–Crippen LogP) is 2.54. The van der Waals surface area contributed by atoms with E-state index in [1.807, 2.05) is 11.0 Å². The summed E-state index contributed by atoms with van der Waals surface area (Å²) < 4.78 is 14.1. The number of terminal acetylenes is 1. The summed E-state index contributed by atoms with van der Waals surface area (Å²) in [5.41, 5.74) is 2.05. The first-order chi connectivity index (χ1) is 10.7. The molecular weight excluding hydrogens is 277 g/mol. The molecule has 0 bridgehead atoms. The van der Waals surface area contributed by atoms with Gasteiger partial charge in [-0.2, -0.15) is 5.26 Å². The first kappa shape index (κ1) is 14.6. The second kappa shape index (κ2) is 6.22. The van der Waals surface area contributed by atoms with Crippen LogP contribution in [0, 0.1) is 29.5 Å². The second-order valence-corrected chi connectivity index (χ2v) is 5.74. The van der Waals surface area contributed by atoms with Crippen LogP contribution in [-0.2, 0) is 0 Å². The van der Waals surface area contributed by atoms with Gasteiger partial charge in [-0.1, -0.05) is 12.0 Å². The van der Waals surface area contributed by atoms with E-state index in [4.69, 9.17) is 11.7 Å². The van der Waals surface area contributed by atoms with Gasteiger partial charge in [0.1, 0.15) is 5.82 Å². The van der Waals surface area contributed by atoms with Crippen LogP contribution in [0.15, 0.2) is 29.8 Å². The number of benzene rings is 1. The third kappa shape index (κ3) is 2.84. The van der Waals surface area contributed by atoms with Gasteiger partial charge in [-0.25, -0.2) is 4.39 Å². The lowest BCUT2D eigenvalue weighted by molar-refractivity contribution is 0.214. The van der Waals surface area contributed by atoms with Crippen molar-refractivity contribution in [1.29, 1.82) is 5.26 Å². The molecule has 0 unspecified atom stereocenters. The average Bonchev–Trinajstić information content (AvgIpc) is 3.04. The van der Waals surface area contributed by atoms with E-state index in [-0.39, 0.29) is 5.82 Å². The highest BCUT2D eigenvalue weighted by Crippen LogP contribution is 2.26. The SMILES string of the molecule is C#CC1=C[C@H](N2CCN(c3ccc(C#N)cc3F)CC2)CC1. The quantitative estimate of drug-likeness (QED) is 0.786. The molecule has 2 aliphatic rings. The van der Waals surface area contributed by atoms with Crippen LogP contribution in [0.3, 0.4) is 0 Å². The number of hydrogen-bond acceptors (Lipinski definition) is 3. The monoisotopic (exact) mass is 295 g/mol. The molecule has 0 N–H and O–H groups in total. The Morgan fingerprint density at radius 3 is 2.59 bits per heavy atom. The standard InChI is InChI=1S/C18H18FN3/c1-2-14-3-5-16(11-14)21-7-9-22(10-8-21)18-6-4-15(13-20)12-17(18)19/h1,4,6,11-12,16H,3,5,7-10H2/t16-/m1/s1. The van der Waals surface area contributed by atoms with Gasteiger partial charge in [0.25, 0.3) is 0 Å². The van der Waals surface area contributed by atoms with Crippen LogP contribution in [0.1, 0.15) is 18.4 Å².